The largest absolute Gasteiger partial charge is 0.306 e. The predicted molar refractivity (Wildman–Crippen MR) is 70.0 cm³/mol. The molecule has 0 aliphatic rings. The quantitative estimate of drug-likeness (QED) is 0.689. The molecular formula is C13H10FN3O3. The van der Waals surface area contributed by atoms with Gasteiger partial charge in [-0.3, -0.25) is 14.9 Å². The number of carbonyl (C=O) groups is 1. The molecule has 0 saturated carbocycles. The number of aryl methyl sites for hydroxylation is 1. The first-order valence-electron chi connectivity index (χ1n) is 5.66. The van der Waals surface area contributed by atoms with E-state index in [4.69, 9.17) is 0 Å². The average Bonchev–Trinajstić information content (AvgIpc) is 2.42. The van der Waals surface area contributed by atoms with E-state index in [-0.39, 0.29) is 17.1 Å². The van der Waals surface area contributed by atoms with Gasteiger partial charge in [0.1, 0.15) is 17.8 Å². The predicted octanol–water partition coefficient (Wildman–Crippen LogP) is 2.69. The molecule has 1 N–H and O–H groups in total. The number of anilines is 1. The van der Waals surface area contributed by atoms with E-state index in [0.29, 0.717) is 5.56 Å². The minimum absolute atomic E-state index is 0.106. The van der Waals surface area contributed by atoms with E-state index in [2.05, 4.69) is 10.3 Å². The van der Waals surface area contributed by atoms with Gasteiger partial charge in [0.2, 0.25) is 0 Å². The zero-order chi connectivity index (χ0) is 14.7. The molecule has 1 aromatic carbocycles. The van der Waals surface area contributed by atoms with Gasteiger partial charge in [0.25, 0.3) is 11.6 Å². The summed E-state index contributed by atoms with van der Waals surface area (Å²) in [6.45, 7) is 1.55. The molecule has 102 valence electrons. The summed E-state index contributed by atoms with van der Waals surface area (Å²) in [7, 11) is 0. The lowest BCUT2D eigenvalue weighted by Gasteiger charge is -2.06. The van der Waals surface area contributed by atoms with Crippen LogP contribution in [0.5, 0.6) is 0 Å². The zero-order valence-corrected chi connectivity index (χ0v) is 10.5. The normalized spacial score (nSPS) is 10.1. The highest BCUT2D eigenvalue weighted by Gasteiger charge is 2.14. The fraction of sp³-hybridized carbons (Fsp3) is 0.0769. The van der Waals surface area contributed by atoms with Crippen LogP contribution in [-0.4, -0.2) is 15.8 Å². The van der Waals surface area contributed by atoms with Gasteiger partial charge in [-0.1, -0.05) is 12.1 Å². The van der Waals surface area contributed by atoms with Gasteiger partial charge < -0.3 is 5.32 Å². The second-order valence-corrected chi connectivity index (χ2v) is 4.05. The van der Waals surface area contributed by atoms with Crippen molar-refractivity contribution in [3.63, 3.8) is 0 Å². The molecule has 2 aromatic rings. The summed E-state index contributed by atoms with van der Waals surface area (Å²) in [6.07, 6.45) is 1.02. The molecule has 0 unspecified atom stereocenters. The maximum absolute atomic E-state index is 13.8. The van der Waals surface area contributed by atoms with Gasteiger partial charge in [0.15, 0.2) is 0 Å². The van der Waals surface area contributed by atoms with Crippen LogP contribution in [0.3, 0.4) is 0 Å². The summed E-state index contributed by atoms with van der Waals surface area (Å²) in [5, 5.41) is 12.8. The number of carbonyl (C=O) groups excluding carboxylic acids is 1. The van der Waals surface area contributed by atoms with Crippen LogP contribution in [0.2, 0.25) is 0 Å². The second-order valence-electron chi connectivity index (χ2n) is 4.05. The smallest absolute Gasteiger partial charge is 0.287 e. The van der Waals surface area contributed by atoms with Crippen molar-refractivity contribution in [3.8, 4) is 0 Å². The number of hydrogen-bond donors (Lipinski definition) is 1. The third-order valence-corrected chi connectivity index (χ3v) is 2.64. The SMILES string of the molecule is Cc1cccc(C(=O)Nc2ccc([N+](=O)[O-])cn2)c1F. The number of nitro groups is 1. The van der Waals surface area contributed by atoms with E-state index < -0.39 is 16.6 Å². The minimum atomic E-state index is -0.660. The molecule has 0 radical (unpaired) electrons. The fourth-order valence-electron chi connectivity index (χ4n) is 1.57. The highest BCUT2D eigenvalue weighted by atomic mass is 19.1. The Morgan fingerprint density at radius 3 is 2.70 bits per heavy atom. The number of hydrogen-bond acceptors (Lipinski definition) is 4. The monoisotopic (exact) mass is 275 g/mol. The third-order valence-electron chi connectivity index (χ3n) is 2.64. The van der Waals surface area contributed by atoms with E-state index in [1.807, 2.05) is 0 Å². The molecule has 0 saturated heterocycles. The molecule has 0 aliphatic carbocycles. The van der Waals surface area contributed by atoms with Crippen LogP contribution in [0.25, 0.3) is 0 Å². The van der Waals surface area contributed by atoms with Crippen molar-refractivity contribution < 1.29 is 14.1 Å². The van der Waals surface area contributed by atoms with Crippen LogP contribution in [0, 0.1) is 22.9 Å². The first-order chi connectivity index (χ1) is 9.49. The van der Waals surface area contributed by atoms with Crippen LogP contribution in [0.15, 0.2) is 36.5 Å². The Hall–Kier alpha value is -2.83. The molecular weight excluding hydrogens is 265 g/mol. The first kappa shape index (κ1) is 13.6. The Labute approximate surface area is 113 Å². The van der Waals surface area contributed by atoms with E-state index >= 15 is 0 Å². The first-order valence-corrected chi connectivity index (χ1v) is 5.66. The lowest BCUT2D eigenvalue weighted by molar-refractivity contribution is -0.385. The van der Waals surface area contributed by atoms with Gasteiger partial charge in [0.05, 0.1) is 10.5 Å². The zero-order valence-electron chi connectivity index (χ0n) is 10.5. The molecule has 0 spiro atoms. The van der Waals surface area contributed by atoms with Crippen molar-refractivity contribution in [1.82, 2.24) is 4.98 Å². The van der Waals surface area contributed by atoms with E-state index in [9.17, 15) is 19.3 Å². The number of pyridine rings is 1. The van der Waals surface area contributed by atoms with Crippen LogP contribution in [-0.2, 0) is 0 Å². The average molecular weight is 275 g/mol. The Balaban J connectivity index is 2.19. The number of aromatic nitrogens is 1. The maximum atomic E-state index is 13.8. The molecule has 0 aliphatic heterocycles. The highest BCUT2D eigenvalue weighted by molar-refractivity contribution is 6.04. The standard InChI is InChI=1S/C13H10FN3O3/c1-8-3-2-4-10(12(8)14)13(18)16-11-6-5-9(7-15-11)17(19)20/h2-7H,1H3,(H,15,16,18). The molecule has 0 atom stereocenters. The van der Waals surface area contributed by atoms with Crippen molar-refractivity contribution in [2.24, 2.45) is 0 Å². The summed E-state index contributed by atoms with van der Waals surface area (Å²) < 4.78 is 13.8. The number of nitrogens with zero attached hydrogens (tertiary/aromatic N) is 2. The van der Waals surface area contributed by atoms with Gasteiger partial charge in [-0.15, -0.1) is 0 Å². The Kier molecular flexibility index (Phi) is 3.69. The number of nitrogens with one attached hydrogen (secondary N) is 1. The molecule has 1 aromatic heterocycles. The summed E-state index contributed by atoms with van der Waals surface area (Å²) in [5.41, 5.74) is 0.0594. The van der Waals surface area contributed by atoms with Gasteiger partial charge >= 0.3 is 0 Å². The lowest BCUT2D eigenvalue weighted by Crippen LogP contribution is -2.15. The fourth-order valence-corrected chi connectivity index (χ4v) is 1.57. The van der Waals surface area contributed by atoms with Crippen molar-refractivity contribution in [2.75, 3.05) is 5.32 Å². The Morgan fingerprint density at radius 2 is 2.10 bits per heavy atom. The number of halogens is 1. The third kappa shape index (κ3) is 2.77. The van der Waals surface area contributed by atoms with Gasteiger partial charge in [-0.05, 0) is 24.6 Å². The second kappa shape index (κ2) is 5.43. The summed E-state index contributed by atoms with van der Waals surface area (Å²) >= 11 is 0. The molecule has 7 heteroatoms. The van der Waals surface area contributed by atoms with E-state index in [1.54, 1.807) is 19.1 Å². The van der Waals surface area contributed by atoms with Crippen LogP contribution >= 0.6 is 0 Å². The number of amides is 1. The minimum Gasteiger partial charge on any atom is -0.306 e. The van der Waals surface area contributed by atoms with Crippen molar-refractivity contribution in [2.45, 2.75) is 6.92 Å². The topological polar surface area (TPSA) is 85.1 Å². The van der Waals surface area contributed by atoms with E-state index in [0.717, 1.165) is 6.20 Å². The van der Waals surface area contributed by atoms with Crippen molar-refractivity contribution in [3.05, 3.63) is 63.6 Å². The molecule has 2 rings (SSSR count). The highest BCUT2D eigenvalue weighted by Crippen LogP contribution is 2.15. The van der Waals surface area contributed by atoms with Gasteiger partial charge in [0, 0.05) is 6.07 Å². The number of benzene rings is 1. The summed E-state index contributed by atoms with van der Waals surface area (Å²) in [6, 6.07) is 6.95. The van der Waals surface area contributed by atoms with E-state index in [1.165, 1.54) is 18.2 Å². The van der Waals surface area contributed by atoms with Crippen LogP contribution < -0.4 is 5.32 Å². The summed E-state index contributed by atoms with van der Waals surface area (Å²) in [5.74, 6) is -1.15. The van der Waals surface area contributed by atoms with Crippen LogP contribution in [0.4, 0.5) is 15.9 Å². The molecule has 1 heterocycles. The molecule has 0 fully saturated rings. The lowest BCUT2D eigenvalue weighted by atomic mass is 10.1. The Bertz CT molecular complexity index is 671. The van der Waals surface area contributed by atoms with Gasteiger partial charge in [-0.2, -0.15) is 0 Å². The van der Waals surface area contributed by atoms with Gasteiger partial charge in [-0.25, -0.2) is 9.37 Å². The molecule has 0 bridgehead atoms. The Morgan fingerprint density at radius 1 is 1.35 bits per heavy atom. The molecule has 20 heavy (non-hydrogen) atoms. The number of rotatable bonds is 3. The maximum Gasteiger partial charge on any atom is 0.287 e. The van der Waals surface area contributed by atoms with Crippen molar-refractivity contribution >= 4 is 17.4 Å². The van der Waals surface area contributed by atoms with Crippen molar-refractivity contribution in [1.29, 1.82) is 0 Å². The summed E-state index contributed by atoms with van der Waals surface area (Å²) in [4.78, 5) is 25.5. The van der Waals surface area contributed by atoms with Crippen LogP contribution in [0.1, 0.15) is 15.9 Å². The molecule has 1 amide bonds. The molecule has 6 nitrogen and oxygen atoms in total.